The first-order chi connectivity index (χ1) is 13.1. The standard InChI is InChI=1S/C20H28ClN3O2S/c21-16-8-4-7-15(9-16)13-27-20-23-17(11-19(26)24-20)10-18(25)22-12-14-5-2-1-3-6-14/h4,7-9,14,17,20,23H,1-3,5-6,10-13H2,(H,22,25)(H,24,26). The molecule has 27 heavy (non-hydrogen) atoms. The first-order valence-electron chi connectivity index (χ1n) is 9.76. The molecule has 2 unspecified atom stereocenters. The molecule has 1 heterocycles. The lowest BCUT2D eigenvalue weighted by atomic mass is 9.89. The zero-order valence-corrected chi connectivity index (χ0v) is 17.1. The summed E-state index contributed by atoms with van der Waals surface area (Å²) in [4.78, 5) is 24.3. The molecule has 0 spiro atoms. The van der Waals surface area contributed by atoms with E-state index in [0.717, 1.165) is 17.9 Å². The lowest BCUT2D eigenvalue weighted by molar-refractivity contribution is -0.125. The van der Waals surface area contributed by atoms with Crippen LogP contribution in [0.4, 0.5) is 0 Å². The number of halogens is 1. The maximum atomic E-state index is 12.3. The zero-order chi connectivity index (χ0) is 19.1. The van der Waals surface area contributed by atoms with E-state index in [-0.39, 0.29) is 23.4 Å². The number of carbonyl (C=O) groups is 2. The van der Waals surface area contributed by atoms with Crippen molar-refractivity contribution in [2.75, 3.05) is 6.54 Å². The SMILES string of the molecule is O=C(CC1CC(=O)NC(SCc2cccc(Cl)c2)N1)NCC1CCCCC1. The summed E-state index contributed by atoms with van der Waals surface area (Å²) in [5, 5.41) is 10.1. The predicted octanol–water partition coefficient (Wildman–Crippen LogP) is 3.42. The predicted molar refractivity (Wildman–Crippen MR) is 110 cm³/mol. The summed E-state index contributed by atoms with van der Waals surface area (Å²) in [6.07, 6.45) is 6.98. The molecule has 2 aliphatic rings. The van der Waals surface area contributed by atoms with Crippen LogP contribution < -0.4 is 16.0 Å². The van der Waals surface area contributed by atoms with Crippen molar-refractivity contribution in [2.24, 2.45) is 5.92 Å². The maximum Gasteiger partial charge on any atom is 0.223 e. The van der Waals surface area contributed by atoms with Crippen LogP contribution in [0.2, 0.25) is 5.02 Å². The van der Waals surface area contributed by atoms with Gasteiger partial charge in [-0.3, -0.25) is 14.9 Å². The largest absolute Gasteiger partial charge is 0.356 e. The first-order valence-corrected chi connectivity index (χ1v) is 11.2. The highest BCUT2D eigenvalue weighted by atomic mass is 35.5. The smallest absolute Gasteiger partial charge is 0.223 e. The first kappa shape index (κ1) is 20.5. The molecule has 2 amide bonds. The van der Waals surface area contributed by atoms with Gasteiger partial charge in [0, 0.05) is 36.2 Å². The van der Waals surface area contributed by atoms with Crippen LogP contribution in [0.5, 0.6) is 0 Å². The van der Waals surface area contributed by atoms with Gasteiger partial charge in [0.05, 0.1) is 0 Å². The van der Waals surface area contributed by atoms with Crippen molar-refractivity contribution in [3.63, 3.8) is 0 Å². The highest BCUT2D eigenvalue weighted by molar-refractivity contribution is 7.99. The maximum absolute atomic E-state index is 12.3. The summed E-state index contributed by atoms with van der Waals surface area (Å²) in [5.41, 5.74) is 0.914. The van der Waals surface area contributed by atoms with E-state index in [1.807, 2.05) is 24.3 Å². The fourth-order valence-corrected chi connectivity index (χ4v) is 4.97. The van der Waals surface area contributed by atoms with Gasteiger partial charge in [0.1, 0.15) is 5.50 Å². The van der Waals surface area contributed by atoms with E-state index >= 15 is 0 Å². The molecule has 3 rings (SSSR count). The molecule has 0 bridgehead atoms. The Bertz CT molecular complexity index is 652. The van der Waals surface area contributed by atoms with Crippen LogP contribution in [0.25, 0.3) is 0 Å². The van der Waals surface area contributed by atoms with Crippen molar-refractivity contribution < 1.29 is 9.59 Å². The van der Waals surface area contributed by atoms with Crippen LogP contribution in [0, 0.1) is 5.92 Å². The molecule has 1 aromatic carbocycles. The second kappa shape index (κ2) is 10.3. The molecule has 3 N–H and O–H groups in total. The van der Waals surface area contributed by atoms with Gasteiger partial charge in [-0.25, -0.2) is 0 Å². The number of hydrogen-bond donors (Lipinski definition) is 3. The lowest BCUT2D eigenvalue weighted by Crippen LogP contribution is -2.55. The average Bonchev–Trinajstić information content (AvgIpc) is 2.65. The van der Waals surface area contributed by atoms with Crippen molar-refractivity contribution in [3.8, 4) is 0 Å². The molecule has 1 saturated carbocycles. The Kier molecular flexibility index (Phi) is 7.85. The van der Waals surface area contributed by atoms with Gasteiger partial charge < -0.3 is 10.6 Å². The number of rotatable bonds is 7. The van der Waals surface area contributed by atoms with E-state index in [0.29, 0.717) is 23.8 Å². The van der Waals surface area contributed by atoms with Gasteiger partial charge in [-0.05, 0) is 36.5 Å². The van der Waals surface area contributed by atoms with Crippen LogP contribution in [0.1, 0.15) is 50.5 Å². The van der Waals surface area contributed by atoms with E-state index in [4.69, 9.17) is 11.6 Å². The molecule has 148 valence electrons. The van der Waals surface area contributed by atoms with E-state index in [1.165, 1.54) is 32.1 Å². The molecule has 2 fully saturated rings. The molecular formula is C20H28ClN3O2S. The third kappa shape index (κ3) is 7.01. The Morgan fingerprint density at radius 3 is 2.85 bits per heavy atom. The van der Waals surface area contributed by atoms with Crippen LogP contribution >= 0.6 is 23.4 Å². The third-order valence-corrected chi connectivity index (χ3v) is 6.48. The lowest BCUT2D eigenvalue weighted by Gasteiger charge is -2.31. The highest BCUT2D eigenvalue weighted by Crippen LogP contribution is 2.23. The topological polar surface area (TPSA) is 70.2 Å². The summed E-state index contributed by atoms with van der Waals surface area (Å²) in [7, 11) is 0. The van der Waals surface area contributed by atoms with Gasteiger partial charge in [0.25, 0.3) is 0 Å². The van der Waals surface area contributed by atoms with Crippen molar-refractivity contribution in [3.05, 3.63) is 34.9 Å². The third-order valence-electron chi connectivity index (χ3n) is 5.16. The van der Waals surface area contributed by atoms with Crippen molar-refractivity contribution in [2.45, 2.75) is 62.2 Å². The van der Waals surface area contributed by atoms with Crippen LogP contribution in [0.15, 0.2) is 24.3 Å². The van der Waals surface area contributed by atoms with E-state index in [9.17, 15) is 9.59 Å². The van der Waals surface area contributed by atoms with E-state index in [2.05, 4.69) is 16.0 Å². The summed E-state index contributed by atoms with van der Waals surface area (Å²) in [5.74, 6) is 1.37. The molecular weight excluding hydrogens is 382 g/mol. The minimum absolute atomic E-state index is 0.0116. The second-order valence-electron chi connectivity index (χ2n) is 7.47. The Hall–Kier alpha value is -1.24. The van der Waals surface area contributed by atoms with Crippen molar-refractivity contribution >= 4 is 35.2 Å². The molecule has 1 aliphatic carbocycles. The minimum atomic E-state index is -0.193. The Morgan fingerprint density at radius 2 is 2.07 bits per heavy atom. The van der Waals surface area contributed by atoms with Crippen LogP contribution in [-0.4, -0.2) is 29.9 Å². The number of hydrogen-bond acceptors (Lipinski definition) is 4. The molecule has 1 aliphatic heterocycles. The summed E-state index contributed by atoms with van der Waals surface area (Å²) >= 11 is 7.61. The number of amides is 2. The second-order valence-corrected chi connectivity index (χ2v) is 9.00. The number of nitrogens with one attached hydrogen (secondary N) is 3. The molecule has 1 aromatic rings. The fraction of sp³-hybridized carbons (Fsp3) is 0.600. The number of benzene rings is 1. The molecule has 0 radical (unpaired) electrons. The molecule has 5 nitrogen and oxygen atoms in total. The quantitative estimate of drug-likeness (QED) is 0.645. The van der Waals surface area contributed by atoms with E-state index in [1.54, 1.807) is 11.8 Å². The number of thioether (sulfide) groups is 1. The zero-order valence-electron chi connectivity index (χ0n) is 15.5. The van der Waals surface area contributed by atoms with Gasteiger partial charge in [0.15, 0.2) is 0 Å². The monoisotopic (exact) mass is 409 g/mol. The molecule has 7 heteroatoms. The molecule has 0 aromatic heterocycles. The Morgan fingerprint density at radius 1 is 1.26 bits per heavy atom. The fourth-order valence-electron chi connectivity index (χ4n) is 3.72. The molecule has 2 atom stereocenters. The highest BCUT2D eigenvalue weighted by Gasteiger charge is 2.27. The van der Waals surface area contributed by atoms with Gasteiger partial charge >= 0.3 is 0 Å². The minimum Gasteiger partial charge on any atom is -0.356 e. The molecule has 1 saturated heterocycles. The number of carbonyl (C=O) groups excluding carboxylic acids is 2. The van der Waals surface area contributed by atoms with Crippen LogP contribution in [-0.2, 0) is 15.3 Å². The average molecular weight is 410 g/mol. The Labute approximate surface area is 170 Å². The Balaban J connectivity index is 1.42. The van der Waals surface area contributed by atoms with Crippen molar-refractivity contribution in [1.82, 2.24) is 16.0 Å². The van der Waals surface area contributed by atoms with Crippen LogP contribution in [0.3, 0.4) is 0 Å². The van der Waals surface area contributed by atoms with E-state index < -0.39 is 0 Å². The van der Waals surface area contributed by atoms with Crippen molar-refractivity contribution in [1.29, 1.82) is 0 Å². The van der Waals surface area contributed by atoms with Gasteiger partial charge in [-0.2, -0.15) is 0 Å². The van der Waals surface area contributed by atoms with Gasteiger partial charge in [-0.1, -0.05) is 43.0 Å². The van der Waals surface area contributed by atoms with Gasteiger partial charge in [-0.15, -0.1) is 11.8 Å². The van der Waals surface area contributed by atoms with Gasteiger partial charge in [0.2, 0.25) is 11.8 Å². The summed E-state index contributed by atoms with van der Waals surface area (Å²) in [6.45, 7) is 0.769. The summed E-state index contributed by atoms with van der Waals surface area (Å²) < 4.78 is 0. The summed E-state index contributed by atoms with van der Waals surface area (Å²) in [6, 6.07) is 7.58. The normalized spacial score (nSPS) is 23.7.